The van der Waals surface area contributed by atoms with Gasteiger partial charge in [0.25, 0.3) is 5.91 Å². The number of ether oxygens (including phenoxy) is 2. The third-order valence-electron chi connectivity index (χ3n) is 5.50. The Morgan fingerprint density at radius 3 is 2.47 bits per heavy atom. The number of carbonyl (C=O) groups is 3. The fourth-order valence-electron chi connectivity index (χ4n) is 3.63. The van der Waals surface area contributed by atoms with Gasteiger partial charge in [-0.3, -0.25) is 25.2 Å². The lowest BCUT2D eigenvalue weighted by Gasteiger charge is -2.12. The molecule has 1 aliphatic carbocycles. The fraction of sp³-hybridized carbons (Fsp3) is 0.400. The molecular weight excluding hydrogens is 408 g/mol. The van der Waals surface area contributed by atoms with Crippen LogP contribution in [0.25, 0.3) is 0 Å². The number of nitrogens with one attached hydrogen (secondary N) is 2. The number of unbranched alkanes of at least 4 members (excludes halogenated alkanes) is 1. The maximum Gasteiger partial charge on any atom is 0.269 e. The molecule has 7 heteroatoms. The molecule has 2 amide bonds. The van der Waals surface area contributed by atoms with Crippen LogP contribution in [0.4, 0.5) is 0 Å². The van der Waals surface area contributed by atoms with E-state index in [2.05, 4.69) is 17.8 Å². The van der Waals surface area contributed by atoms with Crippen LogP contribution < -0.4 is 20.3 Å². The molecule has 0 bridgehead atoms. The molecule has 0 aromatic heterocycles. The number of rotatable bonds is 10. The van der Waals surface area contributed by atoms with E-state index in [9.17, 15) is 14.4 Å². The molecule has 2 aromatic rings. The highest BCUT2D eigenvalue weighted by atomic mass is 16.5. The van der Waals surface area contributed by atoms with Crippen LogP contribution in [0, 0.1) is 0 Å². The Morgan fingerprint density at radius 2 is 1.69 bits per heavy atom. The van der Waals surface area contributed by atoms with E-state index >= 15 is 0 Å². The molecule has 2 aromatic carbocycles. The molecule has 0 radical (unpaired) electrons. The Labute approximate surface area is 188 Å². The summed E-state index contributed by atoms with van der Waals surface area (Å²) in [4.78, 5) is 36.9. The van der Waals surface area contributed by atoms with Gasteiger partial charge in [0.15, 0.2) is 17.3 Å². The second-order valence-electron chi connectivity index (χ2n) is 7.83. The molecule has 7 nitrogen and oxygen atoms in total. The number of methoxy groups -OCH3 is 1. The van der Waals surface area contributed by atoms with Crippen molar-refractivity contribution in [1.29, 1.82) is 0 Å². The third-order valence-corrected chi connectivity index (χ3v) is 5.50. The highest BCUT2D eigenvalue weighted by Gasteiger charge is 2.16. The summed E-state index contributed by atoms with van der Waals surface area (Å²) in [6.07, 6.45) is 5.19. The summed E-state index contributed by atoms with van der Waals surface area (Å²) < 4.78 is 11.0. The SMILES string of the molecule is CCCCOc1ccc(C(=O)NNC(=O)CCC(=O)c2ccc3c(c2)CCC3)cc1OC. The molecule has 2 N–H and O–H groups in total. The second kappa shape index (κ2) is 11.3. The second-order valence-corrected chi connectivity index (χ2v) is 7.83. The molecule has 0 spiro atoms. The highest BCUT2D eigenvalue weighted by Crippen LogP contribution is 2.28. The third kappa shape index (κ3) is 6.09. The molecule has 32 heavy (non-hydrogen) atoms. The largest absolute Gasteiger partial charge is 0.493 e. The number of hydrogen-bond acceptors (Lipinski definition) is 5. The van der Waals surface area contributed by atoms with Crippen molar-refractivity contribution in [2.24, 2.45) is 0 Å². The van der Waals surface area contributed by atoms with Gasteiger partial charge in [0.1, 0.15) is 0 Å². The summed E-state index contributed by atoms with van der Waals surface area (Å²) in [6, 6.07) is 10.6. The number of carbonyl (C=O) groups excluding carboxylic acids is 3. The number of hydrogen-bond donors (Lipinski definition) is 2. The van der Waals surface area contributed by atoms with Gasteiger partial charge in [0.05, 0.1) is 13.7 Å². The Kier molecular flexibility index (Phi) is 8.25. The van der Waals surface area contributed by atoms with Crippen molar-refractivity contribution in [3.63, 3.8) is 0 Å². The Balaban J connectivity index is 1.47. The van der Waals surface area contributed by atoms with E-state index in [0.29, 0.717) is 29.2 Å². The quantitative estimate of drug-likeness (QED) is 0.334. The summed E-state index contributed by atoms with van der Waals surface area (Å²) in [5.41, 5.74) is 8.22. The zero-order valence-electron chi connectivity index (χ0n) is 18.7. The molecule has 1 aliphatic rings. The Hall–Kier alpha value is -3.35. The lowest BCUT2D eigenvalue weighted by molar-refractivity contribution is -0.121. The normalized spacial score (nSPS) is 12.1. The van der Waals surface area contributed by atoms with Crippen molar-refractivity contribution >= 4 is 17.6 Å². The monoisotopic (exact) mass is 438 g/mol. The van der Waals surface area contributed by atoms with Gasteiger partial charge in [-0.15, -0.1) is 0 Å². The summed E-state index contributed by atoms with van der Waals surface area (Å²) >= 11 is 0. The van der Waals surface area contributed by atoms with Gasteiger partial charge in [0.2, 0.25) is 5.91 Å². The first-order valence-corrected chi connectivity index (χ1v) is 11.1. The molecule has 3 rings (SSSR count). The van der Waals surface area contributed by atoms with Crippen molar-refractivity contribution < 1.29 is 23.9 Å². The molecule has 0 saturated carbocycles. The van der Waals surface area contributed by atoms with Crippen molar-refractivity contribution in [2.45, 2.75) is 51.9 Å². The first-order valence-electron chi connectivity index (χ1n) is 11.1. The molecule has 0 fully saturated rings. The van der Waals surface area contributed by atoms with E-state index in [1.54, 1.807) is 18.2 Å². The molecule has 0 heterocycles. The Bertz CT molecular complexity index is 986. The van der Waals surface area contributed by atoms with Gasteiger partial charge in [-0.25, -0.2) is 0 Å². The van der Waals surface area contributed by atoms with Gasteiger partial charge in [-0.05, 0) is 61.1 Å². The standard InChI is InChI=1S/C25H30N2O5/c1-3-4-14-32-22-12-10-20(16-23(22)31-2)25(30)27-26-24(29)13-11-21(28)19-9-8-17-6-5-7-18(17)15-19/h8-10,12,15-16H,3-7,11,13-14H2,1-2H3,(H,26,29)(H,27,30). The van der Waals surface area contributed by atoms with E-state index in [0.717, 1.165) is 32.1 Å². The molecule has 0 aliphatic heterocycles. The van der Waals surface area contributed by atoms with Gasteiger partial charge < -0.3 is 9.47 Å². The molecule has 0 unspecified atom stereocenters. The predicted molar refractivity (Wildman–Crippen MR) is 121 cm³/mol. The topological polar surface area (TPSA) is 93.7 Å². The highest BCUT2D eigenvalue weighted by molar-refractivity contribution is 5.99. The van der Waals surface area contributed by atoms with Crippen LogP contribution in [0.1, 0.15) is 70.9 Å². The summed E-state index contributed by atoms with van der Waals surface area (Å²) in [7, 11) is 1.50. The van der Waals surface area contributed by atoms with E-state index < -0.39 is 11.8 Å². The average molecular weight is 439 g/mol. The predicted octanol–water partition coefficient (Wildman–Crippen LogP) is 3.79. The van der Waals surface area contributed by atoms with E-state index in [-0.39, 0.29) is 18.6 Å². The zero-order valence-corrected chi connectivity index (χ0v) is 18.7. The minimum absolute atomic E-state index is 0.0102. The van der Waals surface area contributed by atoms with Crippen molar-refractivity contribution in [3.8, 4) is 11.5 Å². The molecule has 0 atom stereocenters. The lowest BCUT2D eigenvalue weighted by atomic mass is 10.0. The number of aryl methyl sites for hydroxylation is 2. The van der Waals surface area contributed by atoms with E-state index in [1.165, 1.54) is 18.2 Å². The van der Waals surface area contributed by atoms with Crippen molar-refractivity contribution in [3.05, 3.63) is 58.7 Å². The van der Waals surface area contributed by atoms with Crippen molar-refractivity contribution in [1.82, 2.24) is 10.9 Å². The van der Waals surface area contributed by atoms with Crippen LogP contribution in [0.15, 0.2) is 36.4 Å². The van der Waals surface area contributed by atoms with Crippen LogP contribution in [-0.4, -0.2) is 31.3 Å². The fourth-order valence-corrected chi connectivity index (χ4v) is 3.63. The van der Waals surface area contributed by atoms with E-state index in [1.807, 2.05) is 18.2 Å². The minimum atomic E-state index is -0.485. The smallest absolute Gasteiger partial charge is 0.269 e. The van der Waals surface area contributed by atoms with Crippen LogP contribution in [0.2, 0.25) is 0 Å². The number of hydrazine groups is 1. The first-order chi connectivity index (χ1) is 15.5. The summed E-state index contributed by atoms with van der Waals surface area (Å²) in [5, 5.41) is 0. The number of benzene rings is 2. The first kappa shape index (κ1) is 23.3. The van der Waals surface area contributed by atoms with Crippen molar-refractivity contribution in [2.75, 3.05) is 13.7 Å². The number of Topliss-reactive ketones (excluding diaryl/α,β-unsaturated/α-hetero) is 1. The lowest BCUT2D eigenvalue weighted by Crippen LogP contribution is -2.41. The van der Waals surface area contributed by atoms with Crippen LogP contribution in [0.3, 0.4) is 0 Å². The summed E-state index contributed by atoms with van der Waals surface area (Å²) in [5.74, 6) is 0.0113. The molecular formula is C25H30N2O5. The maximum atomic E-state index is 12.4. The van der Waals surface area contributed by atoms with Crippen LogP contribution >= 0.6 is 0 Å². The van der Waals surface area contributed by atoms with Gasteiger partial charge in [0, 0.05) is 24.0 Å². The minimum Gasteiger partial charge on any atom is -0.493 e. The number of ketones is 1. The molecule has 0 saturated heterocycles. The number of amides is 2. The van der Waals surface area contributed by atoms with Gasteiger partial charge in [-0.2, -0.15) is 0 Å². The average Bonchev–Trinajstić information content (AvgIpc) is 3.29. The van der Waals surface area contributed by atoms with Gasteiger partial charge in [-0.1, -0.05) is 25.5 Å². The zero-order chi connectivity index (χ0) is 22.9. The molecule has 170 valence electrons. The summed E-state index contributed by atoms with van der Waals surface area (Å²) in [6.45, 7) is 2.64. The number of fused-ring (bicyclic) bond motifs is 1. The van der Waals surface area contributed by atoms with Gasteiger partial charge >= 0.3 is 0 Å². The van der Waals surface area contributed by atoms with E-state index in [4.69, 9.17) is 9.47 Å². The van der Waals surface area contributed by atoms with Crippen LogP contribution in [0.5, 0.6) is 11.5 Å². The Morgan fingerprint density at radius 1 is 0.906 bits per heavy atom. The maximum absolute atomic E-state index is 12.4. The van der Waals surface area contributed by atoms with Crippen LogP contribution in [-0.2, 0) is 17.6 Å².